The maximum atomic E-state index is 13.2. The van der Waals surface area contributed by atoms with Gasteiger partial charge in [0.1, 0.15) is 0 Å². The molecule has 0 aliphatic heterocycles. The fourth-order valence-corrected chi connectivity index (χ4v) is 7.68. The van der Waals surface area contributed by atoms with E-state index in [1.54, 1.807) is 12.4 Å². The Labute approximate surface area is 324 Å². The molecule has 2 heterocycles. The van der Waals surface area contributed by atoms with Crippen LogP contribution in [-0.4, -0.2) is 19.3 Å². The largest absolute Gasteiger partial charge is 0.503 e. The summed E-state index contributed by atoms with van der Waals surface area (Å²) in [7, 11) is 0. The fraction of sp³-hybridized carbons (Fsp3) is 0.783. The highest BCUT2D eigenvalue weighted by molar-refractivity contribution is 5.41. The van der Waals surface area contributed by atoms with Crippen LogP contribution in [0.25, 0.3) is 0 Å². The molecule has 2 aromatic heterocycles. The average Bonchev–Trinajstić information content (AvgIpc) is 3.16. The maximum absolute atomic E-state index is 13.2. The number of aromatic nitrogens is 2. The van der Waals surface area contributed by atoms with Crippen LogP contribution in [0.2, 0.25) is 0 Å². The van der Waals surface area contributed by atoms with Crippen molar-refractivity contribution in [2.24, 2.45) is 0 Å². The molecule has 2 N–H and O–H groups in total. The van der Waals surface area contributed by atoms with Gasteiger partial charge in [0, 0.05) is 13.1 Å². The number of ether oxygens (including phenoxy) is 1. The van der Waals surface area contributed by atoms with Crippen LogP contribution in [0.1, 0.15) is 219 Å². The van der Waals surface area contributed by atoms with Crippen LogP contribution >= 0.6 is 0 Å². The number of aromatic hydroxyl groups is 2. The Bertz CT molecular complexity index is 1250. The quantitative estimate of drug-likeness (QED) is 0.0697. The summed E-state index contributed by atoms with van der Waals surface area (Å²) < 4.78 is 9.75. The predicted octanol–water partition coefficient (Wildman–Crippen LogP) is 13.3. The van der Waals surface area contributed by atoms with Gasteiger partial charge in [-0.25, -0.2) is 0 Å². The lowest BCUT2D eigenvalue weighted by molar-refractivity contribution is 0.403. The number of rotatable bonds is 34. The monoisotopic (exact) mass is 741 g/mol. The third kappa shape index (κ3) is 18.5. The predicted molar refractivity (Wildman–Crippen MR) is 224 cm³/mol. The second-order valence-electron chi connectivity index (χ2n) is 15.6. The molecule has 53 heavy (non-hydrogen) atoms. The molecule has 2 rings (SSSR count). The van der Waals surface area contributed by atoms with Gasteiger partial charge in [-0.2, -0.15) is 0 Å². The lowest BCUT2D eigenvalue weighted by Gasteiger charge is -2.18. The summed E-state index contributed by atoms with van der Waals surface area (Å²) in [4.78, 5) is 26.3. The third-order valence-electron chi connectivity index (χ3n) is 11.1. The number of hydrogen-bond donors (Lipinski definition) is 2. The van der Waals surface area contributed by atoms with Crippen molar-refractivity contribution in [1.82, 2.24) is 9.13 Å². The average molecular weight is 741 g/mol. The van der Waals surface area contributed by atoms with Crippen molar-refractivity contribution >= 4 is 0 Å². The summed E-state index contributed by atoms with van der Waals surface area (Å²) in [6, 6.07) is 0. The van der Waals surface area contributed by atoms with E-state index in [2.05, 4.69) is 13.8 Å². The molecule has 0 saturated carbocycles. The Balaban J connectivity index is 1.84. The summed E-state index contributed by atoms with van der Waals surface area (Å²) in [5.41, 5.74) is -0.0973. The number of nitrogens with zero attached hydrogens (tertiary/aromatic N) is 2. The zero-order valence-corrected chi connectivity index (χ0v) is 34.8. The van der Waals surface area contributed by atoms with Gasteiger partial charge >= 0.3 is 0 Å². The molecule has 7 nitrogen and oxygen atoms in total. The Kier molecular flexibility index (Phi) is 26.0. The van der Waals surface area contributed by atoms with Crippen LogP contribution in [0.15, 0.2) is 22.0 Å². The second kappa shape index (κ2) is 29.6. The highest BCUT2D eigenvalue weighted by atomic mass is 16.5. The topological polar surface area (TPSA) is 93.7 Å². The molecule has 0 aromatic carbocycles. The van der Waals surface area contributed by atoms with Gasteiger partial charge in [-0.15, -0.1) is 0 Å². The molecule has 2 aromatic rings. The van der Waals surface area contributed by atoms with E-state index >= 15 is 0 Å². The van der Waals surface area contributed by atoms with E-state index < -0.39 is 10.9 Å². The highest BCUT2D eigenvalue weighted by Crippen LogP contribution is 2.26. The zero-order valence-electron chi connectivity index (χ0n) is 34.8. The minimum absolute atomic E-state index is 0.0890. The van der Waals surface area contributed by atoms with Gasteiger partial charge in [-0.05, 0) is 25.7 Å². The smallest absolute Gasteiger partial charge is 0.265 e. The van der Waals surface area contributed by atoms with Crippen molar-refractivity contribution in [2.75, 3.05) is 0 Å². The lowest BCUT2D eigenvalue weighted by atomic mass is 10.0. The number of pyridine rings is 2. The maximum Gasteiger partial charge on any atom is 0.265 e. The highest BCUT2D eigenvalue weighted by Gasteiger charge is 2.20. The molecule has 7 heteroatoms. The van der Waals surface area contributed by atoms with Crippen molar-refractivity contribution in [3.8, 4) is 23.0 Å². The van der Waals surface area contributed by atoms with E-state index in [1.807, 2.05) is 23.0 Å². The van der Waals surface area contributed by atoms with Crippen molar-refractivity contribution < 1.29 is 14.9 Å². The molecule has 0 saturated heterocycles. The van der Waals surface area contributed by atoms with Gasteiger partial charge in [0.25, 0.3) is 10.9 Å². The molecule has 0 bridgehead atoms. The Morgan fingerprint density at radius 2 is 0.660 bits per heavy atom. The van der Waals surface area contributed by atoms with Gasteiger partial charge in [0.2, 0.25) is 0 Å². The van der Waals surface area contributed by atoms with Crippen LogP contribution in [0, 0.1) is 0 Å². The summed E-state index contributed by atoms with van der Waals surface area (Å²) in [5, 5.41) is 21.7. The first kappa shape index (κ1) is 46.5. The van der Waals surface area contributed by atoms with Gasteiger partial charge in [-0.3, -0.25) is 9.59 Å². The molecule has 304 valence electrons. The molecule has 0 fully saturated rings. The SMILES string of the molecule is CCCCCCCCCCCCCCCCn1cc(Oc2cn(CCCCCCCCCCCCCCCC)c(CC)c(O)c2=O)c(=O)c(O)c1CC. The van der Waals surface area contributed by atoms with Crippen molar-refractivity contribution in [3.05, 3.63) is 44.2 Å². The van der Waals surface area contributed by atoms with Crippen molar-refractivity contribution in [3.63, 3.8) is 0 Å². The number of hydrogen-bond acceptors (Lipinski definition) is 5. The summed E-state index contributed by atoms with van der Waals surface area (Å²) >= 11 is 0. The standard InChI is InChI=1S/C46H80N2O5/c1-5-9-11-13-15-17-19-21-23-25-27-29-31-33-35-47-37-41(45(51)43(49)39(47)7-3)53-42-38-48(40(8-4)44(50)46(42)52)36-34-32-30-28-26-24-22-20-18-16-14-12-10-6-2/h37-38,49-50H,5-36H2,1-4H3. The van der Waals surface area contributed by atoms with Crippen LogP contribution in [0.3, 0.4) is 0 Å². The molecule has 0 aliphatic carbocycles. The van der Waals surface area contributed by atoms with Gasteiger partial charge in [-0.1, -0.05) is 195 Å². The van der Waals surface area contributed by atoms with Crippen molar-refractivity contribution in [2.45, 2.75) is 233 Å². The molecule has 0 atom stereocenters. The van der Waals surface area contributed by atoms with Crippen LogP contribution in [-0.2, 0) is 25.9 Å². The number of unbranched alkanes of at least 4 members (excludes halogenated alkanes) is 26. The molecule has 0 radical (unpaired) electrons. The van der Waals surface area contributed by atoms with E-state index in [0.29, 0.717) is 37.3 Å². The normalized spacial score (nSPS) is 11.5. The molecule has 0 spiro atoms. The van der Waals surface area contributed by atoms with E-state index in [-0.39, 0.29) is 23.0 Å². The summed E-state index contributed by atoms with van der Waals surface area (Å²) in [5.74, 6) is -0.831. The molecular weight excluding hydrogens is 661 g/mol. The van der Waals surface area contributed by atoms with E-state index in [0.717, 1.165) is 25.7 Å². The van der Waals surface area contributed by atoms with Gasteiger partial charge in [0.15, 0.2) is 23.0 Å². The van der Waals surface area contributed by atoms with Crippen molar-refractivity contribution in [1.29, 1.82) is 0 Å². The van der Waals surface area contributed by atoms with Gasteiger partial charge < -0.3 is 24.1 Å². The molecule has 0 aliphatic rings. The molecule has 0 amide bonds. The Morgan fingerprint density at radius 3 is 0.906 bits per heavy atom. The van der Waals surface area contributed by atoms with E-state index in [9.17, 15) is 19.8 Å². The fourth-order valence-electron chi connectivity index (χ4n) is 7.68. The lowest BCUT2D eigenvalue weighted by Crippen LogP contribution is -2.19. The minimum atomic E-state index is -0.629. The van der Waals surface area contributed by atoms with Crippen LogP contribution in [0.5, 0.6) is 23.0 Å². The van der Waals surface area contributed by atoms with Crippen LogP contribution < -0.4 is 15.6 Å². The Hall–Kier alpha value is -2.70. The first-order chi connectivity index (χ1) is 25.9. The van der Waals surface area contributed by atoms with Crippen LogP contribution in [0.4, 0.5) is 0 Å². The first-order valence-electron chi connectivity index (χ1n) is 22.5. The molecular formula is C46H80N2O5. The molecule has 0 unspecified atom stereocenters. The second-order valence-corrected chi connectivity index (χ2v) is 15.6. The van der Waals surface area contributed by atoms with E-state index in [4.69, 9.17) is 4.74 Å². The zero-order chi connectivity index (χ0) is 38.5. The van der Waals surface area contributed by atoms with Gasteiger partial charge in [0.05, 0.1) is 23.8 Å². The minimum Gasteiger partial charge on any atom is -0.503 e. The third-order valence-corrected chi connectivity index (χ3v) is 11.1. The van der Waals surface area contributed by atoms with E-state index in [1.165, 1.54) is 154 Å². The summed E-state index contributed by atoms with van der Waals surface area (Å²) in [6.45, 7) is 9.71. The summed E-state index contributed by atoms with van der Waals surface area (Å²) in [6.07, 6.45) is 40.2. The number of aryl methyl sites for hydroxylation is 2. The Morgan fingerprint density at radius 1 is 0.415 bits per heavy atom. The first-order valence-corrected chi connectivity index (χ1v) is 22.5.